The number of rotatable bonds is 5. The Hall–Kier alpha value is -2.45. The van der Waals surface area contributed by atoms with Crippen molar-refractivity contribution in [3.63, 3.8) is 0 Å². The fourth-order valence-corrected chi connectivity index (χ4v) is 3.86. The van der Waals surface area contributed by atoms with Crippen molar-refractivity contribution in [3.8, 4) is 17.2 Å². The summed E-state index contributed by atoms with van der Waals surface area (Å²) in [7, 11) is 4.74. The average Bonchev–Trinajstić information content (AvgIpc) is 3.02. The zero-order valence-corrected chi connectivity index (χ0v) is 18.2. The molecule has 0 bridgehead atoms. The number of amidine groups is 1. The third-order valence-corrected chi connectivity index (χ3v) is 5.59. The molecule has 0 radical (unpaired) electrons. The summed E-state index contributed by atoms with van der Waals surface area (Å²) in [5.74, 6) is 1.62. The molecule has 28 heavy (non-hydrogen) atoms. The molecule has 0 aliphatic carbocycles. The van der Waals surface area contributed by atoms with Gasteiger partial charge in [-0.3, -0.25) is 4.79 Å². The van der Waals surface area contributed by atoms with Crippen LogP contribution in [0.3, 0.4) is 0 Å². The summed E-state index contributed by atoms with van der Waals surface area (Å²) in [6.07, 6.45) is 1.78. The summed E-state index contributed by atoms with van der Waals surface area (Å²) in [5.41, 5.74) is 2.52. The van der Waals surface area contributed by atoms with Gasteiger partial charge in [0.15, 0.2) is 16.7 Å². The fraction of sp³-hybridized carbons (Fsp3) is 0.200. The maximum absolute atomic E-state index is 12.4. The molecular formula is C20H19BrN2O4S. The normalized spacial score (nSPS) is 16.4. The predicted molar refractivity (Wildman–Crippen MR) is 116 cm³/mol. The van der Waals surface area contributed by atoms with Gasteiger partial charge in [-0.25, -0.2) is 4.99 Å². The van der Waals surface area contributed by atoms with Crippen LogP contribution in [0, 0.1) is 6.92 Å². The summed E-state index contributed by atoms with van der Waals surface area (Å²) in [6.45, 7) is 1.98. The highest BCUT2D eigenvalue weighted by Gasteiger charge is 2.25. The van der Waals surface area contributed by atoms with E-state index in [0.717, 1.165) is 15.6 Å². The first-order valence-electron chi connectivity index (χ1n) is 8.31. The monoisotopic (exact) mass is 462 g/mol. The van der Waals surface area contributed by atoms with Crippen LogP contribution in [0.25, 0.3) is 6.08 Å². The van der Waals surface area contributed by atoms with Crippen LogP contribution in [0.15, 0.2) is 44.7 Å². The Balaban J connectivity index is 1.92. The van der Waals surface area contributed by atoms with E-state index >= 15 is 0 Å². The molecule has 1 heterocycles. The molecule has 0 saturated carbocycles. The standard InChI is InChI=1S/C20H19BrN2O4S/c1-11-5-6-15(25-2)14(7-11)22-20-23-19(24)18(28-20)9-12-8-16(26-3)17(27-4)10-13(12)21/h5-10H,1-4H3,(H,22,23,24)/b18-9-. The van der Waals surface area contributed by atoms with Crippen LogP contribution in [0.4, 0.5) is 5.69 Å². The SMILES string of the molecule is COc1ccc(C)cc1N=C1NC(=O)/C(=C/c2cc(OC)c(OC)cc2Br)S1. The summed E-state index contributed by atoms with van der Waals surface area (Å²) in [6, 6.07) is 9.32. The van der Waals surface area contributed by atoms with Gasteiger partial charge in [-0.1, -0.05) is 22.0 Å². The number of hydrogen-bond acceptors (Lipinski definition) is 6. The number of methoxy groups -OCH3 is 3. The second kappa shape index (κ2) is 8.70. The van der Waals surface area contributed by atoms with Gasteiger partial charge >= 0.3 is 0 Å². The van der Waals surface area contributed by atoms with Crippen molar-refractivity contribution in [3.05, 3.63) is 50.8 Å². The number of nitrogens with one attached hydrogen (secondary N) is 1. The van der Waals surface area contributed by atoms with Crippen LogP contribution < -0.4 is 19.5 Å². The summed E-state index contributed by atoms with van der Waals surface area (Å²) < 4.78 is 16.8. The molecular weight excluding hydrogens is 444 g/mol. The molecule has 0 spiro atoms. The Labute approximate surface area is 176 Å². The fourth-order valence-electron chi connectivity index (χ4n) is 2.60. The van der Waals surface area contributed by atoms with Crippen molar-refractivity contribution < 1.29 is 19.0 Å². The van der Waals surface area contributed by atoms with Crippen molar-refractivity contribution in [1.29, 1.82) is 0 Å². The molecule has 2 aromatic carbocycles. The maximum Gasteiger partial charge on any atom is 0.264 e. The molecule has 1 aliphatic rings. The first-order valence-corrected chi connectivity index (χ1v) is 9.92. The summed E-state index contributed by atoms with van der Waals surface area (Å²) >= 11 is 4.77. The minimum absolute atomic E-state index is 0.211. The van der Waals surface area contributed by atoms with Crippen molar-refractivity contribution in [2.24, 2.45) is 4.99 Å². The molecule has 6 nitrogen and oxygen atoms in total. The van der Waals surface area contributed by atoms with Crippen LogP contribution in [0.1, 0.15) is 11.1 Å². The van der Waals surface area contributed by atoms with Gasteiger partial charge in [0, 0.05) is 4.47 Å². The number of carbonyl (C=O) groups is 1. The predicted octanol–water partition coefficient (Wildman–Crippen LogP) is 4.67. The molecule has 1 saturated heterocycles. The van der Waals surface area contributed by atoms with Gasteiger partial charge in [-0.2, -0.15) is 0 Å². The number of halogens is 1. The van der Waals surface area contributed by atoms with Crippen molar-refractivity contribution in [2.75, 3.05) is 21.3 Å². The number of nitrogens with zero attached hydrogens (tertiary/aromatic N) is 1. The average molecular weight is 463 g/mol. The molecule has 1 fully saturated rings. The zero-order valence-electron chi connectivity index (χ0n) is 15.8. The second-order valence-electron chi connectivity index (χ2n) is 5.89. The summed E-state index contributed by atoms with van der Waals surface area (Å²) in [5, 5.41) is 3.29. The second-order valence-corrected chi connectivity index (χ2v) is 7.77. The highest BCUT2D eigenvalue weighted by Crippen LogP contribution is 2.37. The lowest BCUT2D eigenvalue weighted by atomic mass is 10.2. The van der Waals surface area contributed by atoms with Crippen LogP contribution in [-0.2, 0) is 4.79 Å². The first-order chi connectivity index (χ1) is 13.4. The van der Waals surface area contributed by atoms with E-state index in [9.17, 15) is 4.79 Å². The number of carbonyl (C=O) groups excluding carboxylic acids is 1. The minimum atomic E-state index is -0.211. The molecule has 1 aliphatic heterocycles. The van der Waals surface area contributed by atoms with Crippen LogP contribution in [0.5, 0.6) is 17.2 Å². The van der Waals surface area contributed by atoms with E-state index in [1.54, 1.807) is 33.5 Å². The molecule has 1 N–H and O–H groups in total. The molecule has 0 unspecified atom stereocenters. The number of amides is 1. The lowest BCUT2D eigenvalue weighted by Gasteiger charge is -2.10. The lowest BCUT2D eigenvalue weighted by molar-refractivity contribution is -0.115. The van der Waals surface area contributed by atoms with E-state index in [1.165, 1.54) is 11.8 Å². The Morgan fingerprint density at radius 3 is 2.39 bits per heavy atom. The minimum Gasteiger partial charge on any atom is -0.494 e. The molecule has 146 valence electrons. The first kappa shape index (κ1) is 20.3. The smallest absolute Gasteiger partial charge is 0.264 e. The number of thioether (sulfide) groups is 1. The van der Waals surface area contributed by atoms with E-state index < -0.39 is 0 Å². The van der Waals surface area contributed by atoms with Gasteiger partial charge in [0.1, 0.15) is 11.4 Å². The molecule has 3 rings (SSSR count). The largest absolute Gasteiger partial charge is 0.494 e. The van der Waals surface area contributed by atoms with Gasteiger partial charge in [0.05, 0.1) is 26.2 Å². The maximum atomic E-state index is 12.4. The Morgan fingerprint density at radius 1 is 1.04 bits per heavy atom. The van der Waals surface area contributed by atoms with Crippen molar-refractivity contribution >= 4 is 50.5 Å². The van der Waals surface area contributed by atoms with Gasteiger partial charge < -0.3 is 19.5 Å². The highest BCUT2D eigenvalue weighted by molar-refractivity contribution is 9.10. The zero-order chi connectivity index (χ0) is 20.3. The third kappa shape index (κ3) is 4.34. The van der Waals surface area contributed by atoms with E-state index in [0.29, 0.717) is 33.0 Å². The molecule has 0 atom stereocenters. The van der Waals surface area contributed by atoms with E-state index in [2.05, 4.69) is 26.2 Å². The van der Waals surface area contributed by atoms with Crippen LogP contribution in [-0.4, -0.2) is 32.4 Å². The Kier molecular flexibility index (Phi) is 6.31. The molecule has 1 amide bonds. The summed E-state index contributed by atoms with van der Waals surface area (Å²) in [4.78, 5) is 17.5. The molecule has 0 aromatic heterocycles. The van der Waals surface area contributed by atoms with Crippen LogP contribution in [0.2, 0.25) is 0 Å². The van der Waals surface area contributed by atoms with Gasteiger partial charge in [0.25, 0.3) is 5.91 Å². The topological polar surface area (TPSA) is 69.2 Å². The molecule has 8 heteroatoms. The van der Waals surface area contributed by atoms with Gasteiger partial charge in [-0.05, 0) is 60.2 Å². The van der Waals surface area contributed by atoms with E-state index in [4.69, 9.17) is 14.2 Å². The van der Waals surface area contributed by atoms with Gasteiger partial charge in [0.2, 0.25) is 0 Å². The molecule has 2 aromatic rings. The van der Waals surface area contributed by atoms with E-state index in [1.807, 2.05) is 31.2 Å². The van der Waals surface area contributed by atoms with Gasteiger partial charge in [-0.15, -0.1) is 0 Å². The number of aryl methyl sites for hydroxylation is 1. The number of ether oxygens (including phenoxy) is 3. The van der Waals surface area contributed by atoms with Crippen LogP contribution >= 0.6 is 27.7 Å². The quantitative estimate of drug-likeness (QED) is 0.653. The number of benzene rings is 2. The van der Waals surface area contributed by atoms with E-state index in [-0.39, 0.29) is 5.91 Å². The Morgan fingerprint density at radius 2 is 1.71 bits per heavy atom. The highest BCUT2D eigenvalue weighted by atomic mass is 79.9. The lowest BCUT2D eigenvalue weighted by Crippen LogP contribution is -2.19. The number of aliphatic imine (C=N–C) groups is 1. The number of hydrogen-bond donors (Lipinski definition) is 1. The Bertz CT molecular complexity index is 988. The third-order valence-electron chi connectivity index (χ3n) is 4.00. The van der Waals surface area contributed by atoms with Crippen molar-refractivity contribution in [1.82, 2.24) is 5.32 Å². The van der Waals surface area contributed by atoms with Crippen molar-refractivity contribution in [2.45, 2.75) is 6.92 Å².